The third-order valence-corrected chi connectivity index (χ3v) is 4.28. The highest BCUT2D eigenvalue weighted by atomic mass is 35.5. The molecule has 1 heterocycles. The van der Waals surface area contributed by atoms with Crippen LogP contribution in [-0.2, 0) is 15.1 Å². The number of carbonyl (C=O) groups is 2. The molecule has 0 aromatic heterocycles. The minimum atomic E-state index is -1.15. The van der Waals surface area contributed by atoms with Crippen molar-refractivity contribution in [2.45, 2.75) is 32.4 Å². The first kappa shape index (κ1) is 17.1. The first-order valence-corrected chi connectivity index (χ1v) is 7.72. The maximum absolute atomic E-state index is 12.6. The first-order valence-electron chi connectivity index (χ1n) is 6.97. The van der Waals surface area contributed by atoms with Crippen LogP contribution in [0.3, 0.4) is 0 Å². The first-order chi connectivity index (χ1) is 10.3. The number of benzene rings is 1. The monoisotopic (exact) mass is 344 g/mol. The molecule has 7 heteroatoms. The Bertz CT molecular complexity index is 606. The molecule has 1 N–H and O–H groups in total. The van der Waals surface area contributed by atoms with E-state index < -0.39 is 11.6 Å². The lowest BCUT2D eigenvalue weighted by Crippen LogP contribution is -2.41. The Kier molecular flexibility index (Phi) is 5.00. The lowest BCUT2D eigenvalue weighted by Gasteiger charge is -2.22. The molecule has 1 fully saturated rings. The number of nitrogens with zero attached hydrogens (tertiary/aromatic N) is 1. The summed E-state index contributed by atoms with van der Waals surface area (Å²) in [4.78, 5) is 25.9. The van der Waals surface area contributed by atoms with Gasteiger partial charge in [0, 0.05) is 0 Å². The summed E-state index contributed by atoms with van der Waals surface area (Å²) in [6.07, 6.45) is 0.0437. The lowest BCUT2D eigenvalue weighted by molar-refractivity contribution is -0.131. The summed E-state index contributed by atoms with van der Waals surface area (Å²) in [6.45, 7) is 5.95. The van der Waals surface area contributed by atoms with Crippen molar-refractivity contribution in [3.63, 3.8) is 0 Å². The van der Waals surface area contributed by atoms with Crippen LogP contribution in [0.1, 0.15) is 26.3 Å². The lowest BCUT2D eigenvalue weighted by atomic mass is 9.92. The van der Waals surface area contributed by atoms with Gasteiger partial charge in [-0.1, -0.05) is 29.3 Å². The fraction of sp³-hybridized carbons (Fsp3) is 0.467. The predicted molar refractivity (Wildman–Crippen MR) is 85.1 cm³/mol. The van der Waals surface area contributed by atoms with Crippen molar-refractivity contribution in [2.24, 2.45) is 0 Å². The number of ether oxygens (including phenoxy) is 1. The van der Waals surface area contributed by atoms with Gasteiger partial charge in [-0.05, 0) is 38.5 Å². The molecule has 1 aromatic rings. The molecular weight excluding hydrogens is 327 g/mol. The van der Waals surface area contributed by atoms with Crippen LogP contribution in [-0.4, -0.2) is 36.1 Å². The van der Waals surface area contributed by atoms with Gasteiger partial charge in [-0.2, -0.15) is 0 Å². The number of amides is 3. The van der Waals surface area contributed by atoms with Gasteiger partial charge in [0.1, 0.15) is 5.54 Å². The molecule has 0 spiro atoms. The van der Waals surface area contributed by atoms with Gasteiger partial charge < -0.3 is 10.1 Å². The van der Waals surface area contributed by atoms with E-state index in [4.69, 9.17) is 27.9 Å². The molecule has 0 radical (unpaired) electrons. The summed E-state index contributed by atoms with van der Waals surface area (Å²) >= 11 is 11.9. The molecule has 0 unspecified atom stereocenters. The van der Waals surface area contributed by atoms with Gasteiger partial charge >= 0.3 is 6.03 Å². The Hall–Kier alpha value is -1.30. The topological polar surface area (TPSA) is 58.6 Å². The van der Waals surface area contributed by atoms with Gasteiger partial charge in [-0.15, -0.1) is 0 Å². The maximum atomic E-state index is 12.6. The van der Waals surface area contributed by atoms with Gasteiger partial charge in [-0.25, -0.2) is 4.79 Å². The fourth-order valence-electron chi connectivity index (χ4n) is 2.28. The van der Waals surface area contributed by atoms with Crippen LogP contribution in [0.4, 0.5) is 4.79 Å². The number of hydrogen-bond acceptors (Lipinski definition) is 3. The number of rotatable bonds is 5. The second kappa shape index (κ2) is 6.44. The van der Waals surface area contributed by atoms with Crippen LogP contribution in [0.25, 0.3) is 0 Å². The number of hydrogen-bond donors (Lipinski definition) is 1. The van der Waals surface area contributed by atoms with Crippen molar-refractivity contribution in [3.05, 3.63) is 33.8 Å². The van der Waals surface area contributed by atoms with Crippen molar-refractivity contribution in [1.82, 2.24) is 10.2 Å². The standard InChI is InChI=1S/C15H18Cl2N2O3/c1-9(2)22-7-6-19-13(20)15(3,18-14(19)21)10-4-5-11(16)12(17)8-10/h4-5,8-9H,6-7H2,1-3H3,(H,18,21)/t15-/m0/s1. The van der Waals surface area contributed by atoms with Crippen LogP contribution < -0.4 is 5.32 Å². The third kappa shape index (κ3) is 3.21. The molecule has 1 aromatic carbocycles. The van der Waals surface area contributed by atoms with Gasteiger partial charge in [0.2, 0.25) is 0 Å². The van der Waals surface area contributed by atoms with Crippen LogP contribution in [0.2, 0.25) is 10.0 Å². The highest BCUT2D eigenvalue weighted by Crippen LogP contribution is 2.32. The Balaban J connectivity index is 2.20. The molecule has 1 atom stereocenters. The van der Waals surface area contributed by atoms with E-state index in [2.05, 4.69) is 5.32 Å². The number of nitrogens with one attached hydrogen (secondary N) is 1. The van der Waals surface area contributed by atoms with Crippen LogP contribution in [0, 0.1) is 0 Å². The summed E-state index contributed by atoms with van der Waals surface area (Å²) in [5, 5.41) is 3.44. The van der Waals surface area contributed by atoms with E-state index in [0.717, 1.165) is 4.90 Å². The Labute approximate surface area is 139 Å². The molecule has 120 valence electrons. The number of carbonyl (C=O) groups excluding carboxylic acids is 2. The average molecular weight is 345 g/mol. The summed E-state index contributed by atoms with van der Waals surface area (Å²) in [5.74, 6) is -0.330. The predicted octanol–water partition coefficient (Wildman–Crippen LogP) is 3.19. The molecule has 5 nitrogen and oxygen atoms in total. The Morgan fingerprint density at radius 1 is 1.27 bits per heavy atom. The minimum absolute atomic E-state index is 0.0437. The van der Waals surface area contributed by atoms with Crippen molar-refractivity contribution >= 4 is 35.1 Å². The van der Waals surface area contributed by atoms with E-state index in [0.29, 0.717) is 22.2 Å². The van der Waals surface area contributed by atoms with Crippen molar-refractivity contribution < 1.29 is 14.3 Å². The Morgan fingerprint density at radius 3 is 2.55 bits per heavy atom. The van der Waals surface area contributed by atoms with Gasteiger partial charge in [0.15, 0.2) is 0 Å². The number of urea groups is 1. The SMILES string of the molecule is CC(C)OCCN1C(=O)N[C@@](C)(c2ccc(Cl)c(Cl)c2)C1=O. The zero-order chi connectivity index (χ0) is 16.5. The van der Waals surface area contributed by atoms with E-state index in [9.17, 15) is 9.59 Å². The van der Waals surface area contributed by atoms with Crippen LogP contribution in [0.15, 0.2) is 18.2 Å². The second-order valence-corrected chi connectivity index (χ2v) is 6.37. The fourth-order valence-corrected chi connectivity index (χ4v) is 2.58. The third-order valence-electron chi connectivity index (χ3n) is 3.54. The van der Waals surface area contributed by atoms with E-state index in [1.807, 2.05) is 13.8 Å². The van der Waals surface area contributed by atoms with E-state index in [1.165, 1.54) is 0 Å². The van der Waals surface area contributed by atoms with Crippen LogP contribution >= 0.6 is 23.2 Å². The smallest absolute Gasteiger partial charge is 0.325 e. The van der Waals surface area contributed by atoms with E-state index in [-0.39, 0.29) is 18.6 Å². The molecular formula is C15H18Cl2N2O3. The quantitative estimate of drug-likeness (QED) is 0.834. The summed E-state index contributed by atoms with van der Waals surface area (Å²) in [7, 11) is 0. The normalized spacial score (nSPS) is 21.6. The zero-order valence-corrected chi connectivity index (χ0v) is 14.2. The molecule has 3 amide bonds. The second-order valence-electron chi connectivity index (χ2n) is 5.56. The molecule has 1 aliphatic heterocycles. The average Bonchev–Trinajstić information content (AvgIpc) is 2.65. The molecule has 22 heavy (non-hydrogen) atoms. The molecule has 0 saturated carbocycles. The largest absolute Gasteiger partial charge is 0.377 e. The zero-order valence-electron chi connectivity index (χ0n) is 12.7. The van der Waals surface area contributed by atoms with Crippen molar-refractivity contribution in [2.75, 3.05) is 13.2 Å². The number of imide groups is 1. The summed E-state index contributed by atoms with van der Waals surface area (Å²) in [5.41, 5.74) is -0.559. The van der Waals surface area contributed by atoms with Crippen molar-refractivity contribution in [3.8, 4) is 0 Å². The minimum Gasteiger partial charge on any atom is -0.377 e. The highest BCUT2D eigenvalue weighted by molar-refractivity contribution is 6.42. The molecule has 0 bridgehead atoms. The molecule has 0 aliphatic carbocycles. The number of halogens is 2. The molecule has 1 saturated heterocycles. The van der Waals surface area contributed by atoms with Gasteiger partial charge in [-0.3, -0.25) is 9.69 Å². The molecule has 2 rings (SSSR count). The summed E-state index contributed by atoms with van der Waals surface area (Å²) < 4.78 is 5.40. The molecule has 1 aliphatic rings. The van der Waals surface area contributed by atoms with E-state index >= 15 is 0 Å². The van der Waals surface area contributed by atoms with Gasteiger partial charge in [0.25, 0.3) is 5.91 Å². The Morgan fingerprint density at radius 2 is 1.95 bits per heavy atom. The van der Waals surface area contributed by atoms with E-state index in [1.54, 1.807) is 25.1 Å². The summed E-state index contributed by atoms with van der Waals surface area (Å²) in [6, 6.07) is 4.44. The van der Waals surface area contributed by atoms with Crippen molar-refractivity contribution in [1.29, 1.82) is 0 Å². The van der Waals surface area contributed by atoms with Gasteiger partial charge in [0.05, 0.1) is 29.3 Å². The highest BCUT2D eigenvalue weighted by Gasteiger charge is 2.48. The maximum Gasteiger partial charge on any atom is 0.325 e. The van der Waals surface area contributed by atoms with Crippen LogP contribution in [0.5, 0.6) is 0 Å².